The van der Waals surface area contributed by atoms with Crippen LogP contribution in [0, 0.1) is 6.08 Å². The maximum atomic E-state index is 5.80. The summed E-state index contributed by atoms with van der Waals surface area (Å²) in [7, 11) is 7.37. The van der Waals surface area contributed by atoms with Crippen LogP contribution in [0.3, 0.4) is 0 Å². The molecule has 0 unspecified atom stereocenters. The van der Waals surface area contributed by atoms with Crippen LogP contribution in [-0.4, -0.2) is 25.5 Å². The molecule has 2 nitrogen and oxygen atoms in total. The van der Waals surface area contributed by atoms with E-state index in [2.05, 4.69) is 70.2 Å². The molecule has 2 aromatic rings. The molecule has 2 saturated carbocycles. The molecule has 2 aliphatic rings. The van der Waals surface area contributed by atoms with Gasteiger partial charge in [0.2, 0.25) is 0 Å². The molecule has 0 saturated heterocycles. The van der Waals surface area contributed by atoms with Gasteiger partial charge in [0, 0.05) is 13.5 Å². The first-order chi connectivity index (χ1) is 17.2. The third-order valence-electron chi connectivity index (χ3n) is 7.31. The number of rotatable bonds is 6. The number of methoxy groups -OCH3 is 2. The van der Waals surface area contributed by atoms with Gasteiger partial charge in [-0.1, -0.05) is 44.0 Å². The average molecular weight is 609 g/mol. The van der Waals surface area contributed by atoms with Crippen molar-refractivity contribution in [3.63, 3.8) is 0 Å². The number of hydrogen-bond acceptors (Lipinski definition) is 2. The van der Waals surface area contributed by atoms with E-state index in [9.17, 15) is 0 Å². The first-order valence-electron chi connectivity index (χ1n) is 13.0. The topological polar surface area (TPSA) is 18.5 Å². The Morgan fingerprint density at radius 1 is 0.800 bits per heavy atom. The van der Waals surface area contributed by atoms with Gasteiger partial charge in [-0.05, 0) is 69.6 Å². The molecule has 2 aliphatic carbocycles. The quantitative estimate of drug-likeness (QED) is 0.185. The monoisotopic (exact) mass is 607 g/mol. The molecule has 0 heterocycles. The van der Waals surface area contributed by atoms with Gasteiger partial charge in [0.1, 0.15) is 16.8 Å². The number of benzene rings is 2. The van der Waals surface area contributed by atoms with E-state index in [1.165, 1.54) is 69.8 Å². The van der Waals surface area contributed by atoms with Gasteiger partial charge in [-0.3, -0.25) is 6.08 Å². The zero-order valence-electron chi connectivity index (χ0n) is 21.9. The molecule has 0 bridgehead atoms. The summed E-state index contributed by atoms with van der Waals surface area (Å²) in [6.07, 6.45) is 19.0. The van der Waals surface area contributed by atoms with Crippen molar-refractivity contribution >= 4 is 22.8 Å². The molecular weight excluding hydrogens is 565 g/mol. The number of halogens is 1. The van der Waals surface area contributed by atoms with Gasteiger partial charge < -0.3 is 15.5 Å². The van der Waals surface area contributed by atoms with E-state index in [0.29, 0.717) is 0 Å². The summed E-state index contributed by atoms with van der Waals surface area (Å²) in [6, 6.07) is 15.4. The standard InChI is InChI=1S/C26H35O2P.C4H7.ClH.Pd/c1-27-23-17-11-18-24(28-2)26(23)22-16-9-10-19-25(22)29(20-12-5-3-6-13-20)21-14-7-4-8-15-21;1-3-4-2;;/h9-11,16-21H,3-8,12-15H2,1-2H3;3H,1-2H3;1H;/q;-1;;+2. The zero-order chi connectivity index (χ0) is 25.5. The van der Waals surface area contributed by atoms with E-state index in [1.54, 1.807) is 19.5 Å². The molecule has 0 amide bonds. The summed E-state index contributed by atoms with van der Waals surface area (Å²) >= 11 is 2.22. The fourth-order valence-electron chi connectivity index (χ4n) is 5.67. The first-order valence-corrected chi connectivity index (χ1v) is 16.6. The van der Waals surface area contributed by atoms with E-state index in [4.69, 9.17) is 9.47 Å². The maximum absolute atomic E-state index is 5.80. The summed E-state index contributed by atoms with van der Waals surface area (Å²) < 4.78 is 11.6. The third kappa shape index (κ3) is 8.61. The van der Waals surface area contributed by atoms with Crippen LogP contribution < -0.4 is 14.8 Å². The van der Waals surface area contributed by atoms with Crippen molar-refractivity contribution in [3.05, 3.63) is 54.6 Å². The fourth-order valence-corrected chi connectivity index (χ4v) is 10.1. The Labute approximate surface area is 230 Å². The SMILES string of the molecule is COc1cccc(OC)c1-c1ccccc1[PH+](C1CCCCC1)C1CCCCC1.C[C-]=CC.[Cl][Pd+]. The summed E-state index contributed by atoms with van der Waals surface area (Å²) in [5.74, 6) is 1.84. The predicted molar refractivity (Wildman–Crippen MR) is 152 cm³/mol. The Kier molecular flexibility index (Phi) is 15.3. The van der Waals surface area contributed by atoms with Crippen molar-refractivity contribution in [2.75, 3.05) is 14.2 Å². The van der Waals surface area contributed by atoms with Crippen molar-refractivity contribution in [1.82, 2.24) is 0 Å². The van der Waals surface area contributed by atoms with E-state index < -0.39 is 7.92 Å². The van der Waals surface area contributed by atoms with E-state index in [1.807, 2.05) is 26.0 Å². The Balaban J connectivity index is 0.000000655. The first kappa shape index (κ1) is 30.4. The molecule has 0 N–H and O–H groups in total. The van der Waals surface area contributed by atoms with Gasteiger partial charge in [0.05, 0.1) is 31.1 Å². The molecular formula is C30H43ClO2PPd+. The van der Waals surface area contributed by atoms with Crippen LogP contribution in [0.15, 0.2) is 48.5 Å². The molecule has 0 aromatic heterocycles. The molecule has 2 fully saturated rings. The van der Waals surface area contributed by atoms with Gasteiger partial charge >= 0.3 is 27.7 Å². The van der Waals surface area contributed by atoms with E-state index in [0.717, 1.165) is 28.4 Å². The van der Waals surface area contributed by atoms with Crippen LogP contribution in [0.4, 0.5) is 0 Å². The zero-order valence-corrected chi connectivity index (χ0v) is 25.2. The van der Waals surface area contributed by atoms with Crippen LogP contribution in [-0.2, 0) is 18.2 Å². The van der Waals surface area contributed by atoms with E-state index >= 15 is 0 Å². The van der Waals surface area contributed by atoms with Crippen molar-refractivity contribution in [3.8, 4) is 22.6 Å². The van der Waals surface area contributed by atoms with E-state index in [-0.39, 0.29) is 0 Å². The van der Waals surface area contributed by atoms with Crippen molar-refractivity contribution < 1.29 is 27.7 Å². The minimum atomic E-state index is -0.660. The van der Waals surface area contributed by atoms with Crippen LogP contribution in [0.5, 0.6) is 11.5 Å². The Bertz CT molecular complexity index is 832. The molecule has 0 radical (unpaired) electrons. The van der Waals surface area contributed by atoms with Gasteiger partial charge in [-0.25, -0.2) is 0 Å². The summed E-state index contributed by atoms with van der Waals surface area (Å²) in [4.78, 5) is 0. The Morgan fingerprint density at radius 3 is 1.69 bits per heavy atom. The third-order valence-corrected chi connectivity index (χ3v) is 11.3. The van der Waals surface area contributed by atoms with Crippen LogP contribution in [0.1, 0.15) is 78.1 Å². The second kappa shape index (κ2) is 17.6. The van der Waals surface area contributed by atoms with Crippen LogP contribution in [0.25, 0.3) is 11.1 Å². The Hall–Kier alpha value is -0.838. The second-order valence-corrected chi connectivity index (χ2v) is 12.4. The fraction of sp³-hybridized carbons (Fsp3) is 0.533. The molecule has 0 spiro atoms. The molecule has 196 valence electrons. The molecule has 35 heavy (non-hydrogen) atoms. The van der Waals surface area contributed by atoms with Gasteiger partial charge in [0.25, 0.3) is 0 Å². The molecule has 5 heteroatoms. The Morgan fingerprint density at radius 2 is 1.26 bits per heavy atom. The van der Waals surface area contributed by atoms with Crippen LogP contribution >= 0.6 is 17.5 Å². The molecule has 0 atom stereocenters. The molecule has 0 aliphatic heterocycles. The van der Waals surface area contributed by atoms with Crippen molar-refractivity contribution in [2.45, 2.75) is 89.4 Å². The number of ether oxygens (including phenoxy) is 2. The van der Waals surface area contributed by atoms with Crippen molar-refractivity contribution in [1.29, 1.82) is 0 Å². The van der Waals surface area contributed by atoms with Gasteiger partial charge in [-0.2, -0.15) is 6.92 Å². The minimum absolute atomic E-state index is 0.660. The van der Waals surface area contributed by atoms with Crippen LogP contribution in [0.2, 0.25) is 0 Å². The predicted octanol–water partition coefficient (Wildman–Crippen LogP) is 8.95. The summed E-state index contributed by atoms with van der Waals surface area (Å²) in [5.41, 5.74) is 4.33. The second-order valence-electron chi connectivity index (χ2n) is 9.29. The summed E-state index contributed by atoms with van der Waals surface area (Å²) in [5, 5.41) is 1.62. The van der Waals surface area contributed by atoms with Crippen molar-refractivity contribution in [2.24, 2.45) is 0 Å². The van der Waals surface area contributed by atoms with Gasteiger partial charge in [0.15, 0.2) is 0 Å². The normalized spacial score (nSPS) is 16.8. The molecule has 4 rings (SSSR count). The number of hydrogen-bond donors (Lipinski definition) is 0. The van der Waals surface area contributed by atoms with Gasteiger partial charge in [-0.15, -0.1) is 0 Å². The molecule has 2 aromatic carbocycles. The number of allylic oxidation sites excluding steroid dienone is 2. The summed E-state index contributed by atoms with van der Waals surface area (Å²) in [6.45, 7) is 3.82. The average Bonchev–Trinajstić information content (AvgIpc) is 2.95.